The fourth-order valence-electron chi connectivity index (χ4n) is 2.27. The van der Waals surface area contributed by atoms with E-state index < -0.39 is 0 Å². The quantitative estimate of drug-likeness (QED) is 0.780. The van der Waals surface area contributed by atoms with Crippen molar-refractivity contribution >= 4 is 5.82 Å². The Bertz CT molecular complexity index is 335. The van der Waals surface area contributed by atoms with E-state index in [1.807, 2.05) is 10.9 Å². The first-order valence-corrected chi connectivity index (χ1v) is 6.62. The molecule has 2 rings (SSSR count). The van der Waals surface area contributed by atoms with Gasteiger partial charge < -0.3 is 10.0 Å². The summed E-state index contributed by atoms with van der Waals surface area (Å²) < 4.78 is 1.98. The molecule has 0 saturated heterocycles. The van der Waals surface area contributed by atoms with E-state index in [9.17, 15) is 0 Å². The summed E-state index contributed by atoms with van der Waals surface area (Å²) in [6, 6.07) is 0.621. The molecule has 1 aliphatic rings. The summed E-state index contributed by atoms with van der Waals surface area (Å²) in [6.07, 6.45) is 7.55. The molecule has 1 N–H and O–H groups in total. The Morgan fingerprint density at radius 1 is 1.53 bits per heavy atom. The molecular weight excluding hydrogens is 216 g/mol. The molecule has 0 aliphatic heterocycles. The van der Waals surface area contributed by atoms with Gasteiger partial charge in [-0.1, -0.05) is 12.1 Å². The van der Waals surface area contributed by atoms with Crippen molar-refractivity contribution in [1.82, 2.24) is 15.0 Å². The highest BCUT2D eigenvalue weighted by Crippen LogP contribution is 2.29. The Labute approximate surface area is 102 Å². The maximum atomic E-state index is 8.99. The normalized spacial score (nSPS) is 15.9. The van der Waals surface area contributed by atoms with E-state index in [0.717, 1.165) is 31.7 Å². The largest absolute Gasteiger partial charge is 0.396 e. The molecule has 17 heavy (non-hydrogen) atoms. The first kappa shape index (κ1) is 12.4. The third-order valence-electron chi connectivity index (χ3n) is 3.40. The second-order valence-electron chi connectivity index (χ2n) is 4.67. The van der Waals surface area contributed by atoms with Gasteiger partial charge in [0, 0.05) is 25.7 Å². The van der Waals surface area contributed by atoms with E-state index in [4.69, 9.17) is 5.11 Å². The van der Waals surface area contributed by atoms with Gasteiger partial charge in [-0.25, -0.2) is 4.68 Å². The number of hydrogen-bond acceptors (Lipinski definition) is 4. The SMILES string of the molecule is CCCn1nncc1N(CCCO)C1CCC1. The van der Waals surface area contributed by atoms with Crippen LogP contribution < -0.4 is 4.90 Å². The minimum atomic E-state index is 0.249. The van der Waals surface area contributed by atoms with Crippen LogP contribution in [0.3, 0.4) is 0 Å². The van der Waals surface area contributed by atoms with Crippen molar-refractivity contribution in [3.63, 3.8) is 0 Å². The Hall–Kier alpha value is -1.10. The Morgan fingerprint density at radius 3 is 2.94 bits per heavy atom. The molecule has 1 fully saturated rings. The number of anilines is 1. The standard InChI is InChI=1S/C12H22N4O/c1-2-7-16-12(10-13-14-16)15(8-4-9-17)11-5-3-6-11/h10-11,17H,2-9H2,1H3. The molecule has 1 aromatic heterocycles. The molecule has 1 aliphatic carbocycles. The number of aromatic nitrogens is 3. The lowest BCUT2D eigenvalue weighted by molar-refractivity contribution is 0.282. The predicted octanol–water partition coefficient (Wildman–Crippen LogP) is 1.43. The highest BCUT2D eigenvalue weighted by molar-refractivity contribution is 5.38. The van der Waals surface area contributed by atoms with E-state index in [1.54, 1.807) is 0 Å². The van der Waals surface area contributed by atoms with Crippen LogP contribution in [0, 0.1) is 0 Å². The van der Waals surface area contributed by atoms with Crippen molar-refractivity contribution in [2.75, 3.05) is 18.1 Å². The van der Waals surface area contributed by atoms with Crippen LogP contribution in [0.2, 0.25) is 0 Å². The molecule has 0 bridgehead atoms. The minimum absolute atomic E-state index is 0.249. The van der Waals surface area contributed by atoms with Gasteiger partial charge in [0.05, 0.1) is 6.20 Å². The molecular formula is C12H22N4O. The third-order valence-corrected chi connectivity index (χ3v) is 3.40. The van der Waals surface area contributed by atoms with Crippen LogP contribution >= 0.6 is 0 Å². The number of aliphatic hydroxyl groups is 1. The third kappa shape index (κ3) is 2.77. The van der Waals surface area contributed by atoms with Crippen LogP contribution in [-0.2, 0) is 6.54 Å². The Kier molecular flexibility index (Phi) is 4.36. The molecule has 0 atom stereocenters. The molecule has 96 valence electrons. The molecule has 5 heteroatoms. The average Bonchev–Trinajstić information content (AvgIpc) is 2.70. The van der Waals surface area contributed by atoms with Gasteiger partial charge in [-0.05, 0) is 32.1 Å². The van der Waals surface area contributed by atoms with Crippen molar-refractivity contribution in [3.05, 3.63) is 6.20 Å². The van der Waals surface area contributed by atoms with E-state index in [-0.39, 0.29) is 6.61 Å². The molecule has 0 unspecified atom stereocenters. The average molecular weight is 238 g/mol. The fourth-order valence-corrected chi connectivity index (χ4v) is 2.27. The summed E-state index contributed by atoms with van der Waals surface area (Å²) in [6.45, 7) is 4.21. The van der Waals surface area contributed by atoms with Crippen LogP contribution in [-0.4, -0.2) is 39.3 Å². The molecule has 0 amide bonds. The zero-order valence-electron chi connectivity index (χ0n) is 10.5. The van der Waals surface area contributed by atoms with Gasteiger partial charge in [-0.3, -0.25) is 0 Å². The Morgan fingerprint density at radius 2 is 2.35 bits per heavy atom. The van der Waals surface area contributed by atoms with Gasteiger partial charge in [0.2, 0.25) is 0 Å². The zero-order chi connectivity index (χ0) is 12.1. The van der Waals surface area contributed by atoms with Crippen LogP contribution in [0.5, 0.6) is 0 Å². The lowest BCUT2D eigenvalue weighted by Crippen LogP contribution is -2.42. The van der Waals surface area contributed by atoms with Gasteiger partial charge in [0.15, 0.2) is 0 Å². The van der Waals surface area contributed by atoms with E-state index in [1.165, 1.54) is 19.3 Å². The molecule has 0 aromatic carbocycles. The smallest absolute Gasteiger partial charge is 0.147 e. The topological polar surface area (TPSA) is 54.2 Å². The van der Waals surface area contributed by atoms with Gasteiger partial charge in [-0.2, -0.15) is 0 Å². The number of aryl methyl sites for hydroxylation is 1. The molecule has 1 heterocycles. The van der Waals surface area contributed by atoms with Gasteiger partial charge in [0.25, 0.3) is 0 Å². The number of aliphatic hydroxyl groups excluding tert-OH is 1. The molecule has 1 saturated carbocycles. The van der Waals surface area contributed by atoms with Crippen molar-refractivity contribution in [3.8, 4) is 0 Å². The molecule has 5 nitrogen and oxygen atoms in total. The maximum Gasteiger partial charge on any atom is 0.147 e. The summed E-state index contributed by atoms with van der Waals surface area (Å²) in [5, 5.41) is 17.2. The van der Waals surface area contributed by atoms with Crippen molar-refractivity contribution < 1.29 is 5.11 Å². The highest BCUT2D eigenvalue weighted by atomic mass is 16.3. The lowest BCUT2D eigenvalue weighted by Gasteiger charge is -2.38. The first-order valence-electron chi connectivity index (χ1n) is 6.62. The van der Waals surface area contributed by atoms with Crippen LogP contribution in [0.1, 0.15) is 39.0 Å². The Balaban J connectivity index is 2.09. The van der Waals surface area contributed by atoms with Gasteiger partial charge in [0.1, 0.15) is 5.82 Å². The molecule has 0 radical (unpaired) electrons. The second kappa shape index (κ2) is 6.00. The van der Waals surface area contributed by atoms with Crippen molar-refractivity contribution in [2.24, 2.45) is 0 Å². The number of hydrogen-bond donors (Lipinski definition) is 1. The highest BCUT2D eigenvalue weighted by Gasteiger charge is 2.27. The number of nitrogens with zero attached hydrogens (tertiary/aromatic N) is 4. The fraction of sp³-hybridized carbons (Fsp3) is 0.833. The summed E-state index contributed by atoms with van der Waals surface area (Å²) in [4.78, 5) is 2.37. The summed E-state index contributed by atoms with van der Waals surface area (Å²) in [7, 11) is 0. The minimum Gasteiger partial charge on any atom is -0.396 e. The molecule has 0 spiro atoms. The summed E-state index contributed by atoms with van der Waals surface area (Å²) in [5.74, 6) is 1.12. The second-order valence-corrected chi connectivity index (χ2v) is 4.67. The van der Waals surface area contributed by atoms with E-state index in [0.29, 0.717) is 6.04 Å². The monoisotopic (exact) mass is 238 g/mol. The first-order chi connectivity index (χ1) is 8.36. The summed E-state index contributed by atoms with van der Waals surface area (Å²) in [5.41, 5.74) is 0. The number of rotatable bonds is 7. The molecule has 1 aromatic rings. The maximum absolute atomic E-state index is 8.99. The van der Waals surface area contributed by atoms with E-state index >= 15 is 0 Å². The van der Waals surface area contributed by atoms with Gasteiger partial charge >= 0.3 is 0 Å². The van der Waals surface area contributed by atoms with Crippen LogP contribution in [0.4, 0.5) is 5.82 Å². The van der Waals surface area contributed by atoms with Crippen molar-refractivity contribution in [2.45, 2.75) is 51.6 Å². The van der Waals surface area contributed by atoms with Crippen molar-refractivity contribution in [1.29, 1.82) is 0 Å². The summed E-state index contributed by atoms with van der Waals surface area (Å²) >= 11 is 0. The van der Waals surface area contributed by atoms with Gasteiger partial charge in [-0.15, -0.1) is 5.10 Å². The lowest BCUT2D eigenvalue weighted by atomic mass is 9.91. The predicted molar refractivity (Wildman–Crippen MR) is 67.0 cm³/mol. The van der Waals surface area contributed by atoms with E-state index in [2.05, 4.69) is 22.1 Å². The van der Waals surface area contributed by atoms with Crippen LogP contribution in [0.15, 0.2) is 6.20 Å². The zero-order valence-corrected chi connectivity index (χ0v) is 10.5. The van der Waals surface area contributed by atoms with Crippen LogP contribution in [0.25, 0.3) is 0 Å².